The van der Waals surface area contributed by atoms with Crippen molar-refractivity contribution in [3.05, 3.63) is 51.2 Å². The third kappa shape index (κ3) is 3.62. The van der Waals surface area contributed by atoms with Crippen LogP contribution >= 0.6 is 27.5 Å². The van der Waals surface area contributed by atoms with Crippen molar-refractivity contribution in [3.63, 3.8) is 0 Å². The number of rotatable bonds is 5. The van der Waals surface area contributed by atoms with E-state index in [0.29, 0.717) is 17.5 Å². The molecule has 0 fully saturated rings. The highest BCUT2D eigenvalue weighted by atomic mass is 79.9. The first-order valence-electron chi connectivity index (χ1n) is 6.75. The van der Waals surface area contributed by atoms with E-state index >= 15 is 0 Å². The van der Waals surface area contributed by atoms with Crippen molar-refractivity contribution in [2.24, 2.45) is 5.73 Å². The van der Waals surface area contributed by atoms with Crippen molar-refractivity contribution < 1.29 is 0 Å². The van der Waals surface area contributed by atoms with E-state index in [0.717, 1.165) is 22.2 Å². The zero-order chi connectivity index (χ0) is 14.7. The van der Waals surface area contributed by atoms with Crippen molar-refractivity contribution in [1.82, 2.24) is 9.78 Å². The maximum absolute atomic E-state index is 6.28. The van der Waals surface area contributed by atoms with Gasteiger partial charge >= 0.3 is 0 Å². The van der Waals surface area contributed by atoms with Gasteiger partial charge in [-0.25, -0.2) is 0 Å². The Hall–Kier alpha value is -0.840. The second-order valence-electron chi connectivity index (χ2n) is 5.02. The molecule has 2 aromatic rings. The molecule has 0 aliphatic carbocycles. The van der Waals surface area contributed by atoms with Gasteiger partial charge in [0.2, 0.25) is 0 Å². The van der Waals surface area contributed by atoms with Gasteiger partial charge in [-0.3, -0.25) is 4.68 Å². The van der Waals surface area contributed by atoms with E-state index in [1.807, 2.05) is 35.1 Å². The topological polar surface area (TPSA) is 43.8 Å². The van der Waals surface area contributed by atoms with Crippen LogP contribution in [0.1, 0.15) is 43.6 Å². The molecule has 1 heterocycles. The Morgan fingerprint density at radius 2 is 2.15 bits per heavy atom. The number of halogens is 2. The van der Waals surface area contributed by atoms with Crippen molar-refractivity contribution in [1.29, 1.82) is 0 Å². The molecule has 2 rings (SSSR count). The highest BCUT2D eigenvalue weighted by molar-refractivity contribution is 9.10. The summed E-state index contributed by atoms with van der Waals surface area (Å²) in [7, 11) is 0. The minimum Gasteiger partial charge on any atom is -0.324 e. The molecule has 20 heavy (non-hydrogen) atoms. The number of hydrogen-bond donors (Lipinski definition) is 1. The molecule has 1 aromatic heterocycles. The van der Waals surface area contributed by atoms with Gasteiger partial charge in [0.1, 0.15) is 0 Å². The summed E-state index contributed by atoms with van der Waals surface area (Å²) in [6.45, 7) is 4.31. The summed E-state index contributed by atoms with van der Waals surface area (Å²) in [5.41, 5.74) is 8.29. The Bertz CT molecular complexity index is 582. The third-order valence-corrected chi connectivity index (χ3v) is 4.45. The van der Waals surface area contributed by atoms with Gasteiger partial charge in [-0.15, -0.1) is 0 Å². The highest BCUT2D eigenvalue weighted by Crippen LogP contribution is 2.27. The fourth-order valence-corrected chi connectivity index (χ4v) is 2.77. The number of aromatic nitrogens is 2. The molecular weight excluding hydrogens is 338 g/mol. The van der Waals surface area contributed by atoms with E-state index < -0.39 is 0 Å². The molecule has 0 spiro atoms. The minimum atomic E-state index is -0.122. The summed E-state index contributed by atoms with van der Waals surface area (Å²) in [5, 5.41) is 5.28. The van der Waals surface area contributed by atoms with Crippen LogP contribution in [0.25, 0.3) is 0 Å². The van der Waals surface area contributed by atoms with Gasteiger partial charge in [0.05, 0.1) is 5.69 Å². The summed E-state index contributed by atoms with van der Waals surface area (Å²) >= 11 is 9.55. The first-order chi connectivity index (χ1) is 9.51. The quantitative estimate of drug-likeness (QED) is 0.856. The predicted molar refractivity (Wildman–Crippen MR) is 87.0 cm³/mol. The zero-order valence-corrected chi connectivity index (χ0v) is 14.0. The van der Waals surface area contributed by atoms with Crippen LogP contribution in [0.15, 0.2) is 34.9 Å². The van der Waals surface area contributed by atoms with Crippen LogP contribution < -0.4 is 5.73 Å². The van der Waals surface area contributed by atoms with E-state index in [1.165, 1.54) is 0 Å². The van der Waals surface area contributed by atoms with E-state index in [9.17, 15) is 0 Å². The van der Waals surface area contributed by atoms with Gasteiger partial charge in [-0.05, 0) is 43.2 Å². The summed E-state index contributed by atoms with van der Waals surface area (Å²) < 4.78 is 2.98. The fourth-order valence-electron chi connectivity index (χ4n) is 2.05. The first-order valence-corrected chi connectivity index (χ1v) is 7.93. The molecule has 3 nitrogen and oxygen atoms in total. The lowest BCUT2D eigenvalue weighted by atomic mass is 10.0. The minimum absolute atomic E-state index is 0.122. The second-order valence-corrected chi connectivity index (χ2v) is 6.31. The highest BCUT2D eigenvalue weighted by Gasteiger charge is 2.13. The van der Waals surface area contributed by atoms with Crippen molar-refractivity contribution in [2.75, 3.05) is 0 Å². The smallest absolute Gasteiger partial charge is 0.0643 e. The number of nitrogens with two attached hydrogens (primary N) is 1. The largest absolute Gasteiger partial charge is 0.324 e. The lowest BCUT2D eigenvalue weighted by molar-refractivity contribution is 0.472. The molecule has 108 valence electrons. The van der Waals surface area contributed by atoms with Gasteiger partial charge in [0.15, 0.2) is 0 Å². The van der Waals surface area contributed by atoms with E-state index in [4.69, 9.17) is 17.3 Å². The SMILES string of the molecule is CCC(C)n1ccc(CC(N)c2cc(Cl)ccc2Br)n1. The zero-order valence-electron chi connectivity index (χ0n) is 11.7. The number of benzene rings is 1. The molecule has 5 heteroatoms. The summed E-state index contributed by atoms with van der Waals surface area (Å²) in [6, 6.07) is 8.00. The van der Waals surface area contributed by atoms with Gasteiger partial charge < -0.3 is 5.73 Å². The predicted octanol–water partition coefficient (Wildman–Crippen LogP) is 4.51. The normalized spacial score (nSPS) is 14.2. The average Bonchev–Trinajstić information content (AvgIpc) is 2.89. The van der Waals surface area contributed by atoms with Crippen molar-refractivity contribution in [3.8, 4) is 0 Å². The van der Waals surface area contributed by atoms with Crippen LogP contribution in [0.4, 0.5) is 0 Å². The Balaban J connectivity index is 2.13. The van der Waals surface area contributed by atoms with Crippen LogP contribution in [0.5, 0.6) is 0 Å². The molecule has 0 aliphatic rings. The van der Waals surface area contributed by atoms with E-state index in [1.54, 1.807) is 0 Å². The number of nitrogens with zero attached hydrogens (tertiary/aromatic N) is 2. The van der Waals surface area contributed by atoms with Crippen LogP contribution in [0.2, 0.25) is 5.02 Å². The first kappa shape index (κ1) is 15.5. The summed E-state index contributed by atoms with van der Waals surface area (Å²) in [6.07, 6.45) is 3.78. The van der Waals surface area contributed by atoms with Gasteiger partial charge in [-0.1, -0.05) is 34.5 Å². The van der Waals surface area contributed by atoms with Crippen LogP contribution in [-0.2, 0) is 6.42 Å². The fraction of sp³-hybridized carbons (Fsp3) is 0.400. The maximum atomic E-state index is 6.28. The second kappa shape index (κ2) is 6.74. The van der Waals surface area contributed by atoms with E-state index in [-0.39, 0.29) is 6.04 Å². The molecule has 0 bridgehead atoms. The summed E-state index contributed by atoms with van der Waals surface area (Å²) in [5.74, 6) is 0. The molecule has 0 aliphatic heterocycles. The van der Waals surface area contributed by atoms with Crippen LogP contribution in [-0.4, -0.2) is 9.78 Å². The Morgan fingerprint density at radius 3 is 2.85 bits per heavy atom. The Labute approximate surface area is 133 Å². The molecule has 0 saturated heterocycles. The lowest BCUT2D eigenvalue weighted by Gasteiger charge is -2.13. The molecule has 0 amide bonds. The summed E-state index contributed by atoms with van der Waals surface area (Å²) in [4.78, 5) is 0. The Kier molecular flexibility index (Phi) is 5.24. The van der Waals surface area contributed by atoms with Crippen LogP contribution in [0.3, 0.4) is 0 Å². The molecule has 2 unspecified atom stereocenters. The standard InChI is InChI=1S/C15H19BrClN3/c1-3-10(2)20-7-6-12(19-20)9-15(18)13-8-11(17)4-5-14(13)16/h4-8,10,15H,3,9,18H2,1-2H3. The molecular formula is C15H19BrClN3. The molecule has 0 radical (unpaired) electrons. The average molecular weight is 357 g/mol. The van der Waals surface area contributed by atoms with Crippen LogP contribution in [0, 0.1) is 0 Å². The van der Waals surface area contributed by atoms with Crippen molar-refractivity contribution in [2.45, 2.75) is 38.8 Å². The van der Waals surface area contributed by atoms with Gasteiger partial charge in [0.25, 0.3) is 0 Å². The molecule has 1 aromatic carbocycles. The molecule has 0 saturated carbocycles. The number of hydrogen-bond acceptors (Lipinski definition) is 2. The molecule has 2 atom stereocenters. The molecule has 2 N–H and O–H groups in total. The monoisotopic (exact) mass is 355 g/mol. The lowest BCUT2D eigenvalue weighted by Crippen LogP contribution is -2.15. The van der Waals surface area contributed by atoms with Gasteiger partial charge in [0, 0.05) is 34.2 Å². The van der Waals surface area contributed by atoms with Crippen molar-refractivity contribution >= 4 is 27.5 Å². The third-order valence-electron chi connectivity index (χ3n) is 3.49. The Morgan fingerprint density at radius 1 is 1.40 bits per heavy atom. The maximum Gasteiger partial charge on any atom is 0.0643 e. The van der Waals surface area contributed by atoms with E-state index in [2.05, 4.69) is 34.9 Å². The van der Waals surface area contributed by atoms with Gasteiger partial charge in [-0.2, -0.15) is 5.10 Å².